The lowest BCUT2D eigenvalue weighted by atomic mass is 10.0. The van der Waals surface area contributed by atoms with Gasteiger partial charge in [0.25, 0.3) is 0 Å². The van der Waals surface area contributed by atoms with Crippen LogP contribution in [0.3, 0.4) is 0 Å². The number of carboxylic acids is 1. The number of aliphatic carboxylic acids is 1. The summed E-state index contributed by atoms with van der Waals surface area (Å²) in [5, 5.41) is 9.80. The van der Waals surface area contributed by atoms with Gasteiger partial charge in [0.1, 0.15) is 0 Å². The fourth-order valence-corrected chi connectivity index (χ4v) is 3.41. The molecule has 6 heteroatoms. The van der Waals surface area contributed by atoms with E-state index in [0.29, 0.717) is 0 Å². The summed E-state index contributed by atoms with van der Waals surface area (Å²) in [5.74, 6) is -1.03. The molecular formula is C23H21N3O3. The first-order valence-corrected chi connectivity index (χ1v) is 9.46. The first-order chi connectivity index (χ1) is 14.1. The highest BCUT2D eigenvalue weighted by Crippen LogP contribution is 2.26. The molecule has 4 aromatic rings. The standard InChI is InChI=1S/C23H21N3O3/c27-21(7-8-23(28)29)15-26-11-9-19-5-6-20(13-22(19)26)18-3-1-17(2-4-18)14-25-12-10-24-16-25/h1-6,9-13,16H,7-8,14-15H2,(H,28,29). The number of benzene rings is 2. The van der Waals surface area contributed by atoms with Gasteiger partial charge in [-0.25, -0.2) is 4.98 Å². The summed E-state index contributed by atoms with van der Waals surface area (Å²) in [6.07, 6.45) is 7.30. The molecule has 0 fully saturated rings. The van der Waals surface area contributed by atoms with Gasteiger partial charge < -0.3 is 14.2 Å². The molecule has 0 radical (unpaired) electrons. The molecule has 0 aliphatic heterocycles. The topological polar surface area (TPSA) is 77.1 Å². The van der Waals surface area contributed by atoms with E-state index >= 15 is 0 Å². The Kier molecular flexibility index (Phi) is 5.24. The van der Waals surface area contributed by atoms with E-state index in [-0.39, 0.29) is 25.2 Å². The van der Waals surface area contributed by atoms with Gasteiger partial charge in [-0.1, -0.05) is 36.4 Å². The number of ketones is 1. The third kappa shape index (κ3) is 4.43. The monoisotopic (exact) mass is 387 g/mol. The Morgan fingerprint density at radius 3 is 2.45 bits per heavy atom. The molecular weight excluding hydrogens is 366 g/mol. The molecule has 0 aliphatic carbocycles. The zero-order valence-corrected chi connectivity index (χ0v) is 15.9. The van der Waals surface area contributed by atoms with Gasteiger partial charge in [0.15, 0.2) is 5.78 Å². The van der Waals surface area contributed by atoms with Crippen molar-refractivity contribution in [2.75, 3.05) is 0 Å². The number of carbonyl (C=O) groups excluding carboxylic acids is 1. The Labute approximate surface area is 168 Å². The van der Waals surface area contributed by atoms with Crippen molar-refractivity contribution in [3.8, 4) is 11.1 Å². The number of rotatable bonds is 8. The van der Waals surface area contributed by atoms with Crippen LogP contribution < -0.4 is 0 Å². The lowest BCUT2D eigenvalue weighted by molar-refractivity contribution is -0.138. The second-order valence-electron chi connectivity index (χ2n) is 7.08. The zero-order valence-electron chi connectivity index (χ0n) is 15.9. The minimum absolute atomic E-state index is 0.0487. The molecule has 0 bridgehead atoms. The summed E-state index contributed by atoms with van der Waals surface area (Å²) in [6.45, 7) is 0.963. The van der Waals surface area contributed by atoms with Crippen molar-refractivity contribution in [1.29, 1.82) is 0 Å². The van der Waals surface area contributed by atoms with Crippen molar-refractivity contribution in [3.05, 3.63) is 79.0 Å². The molecule has 0 saturated heterocycles. The van der Waals surface area contributed by atoms with E-state index in [0.717, 1.165) is 28.6 Å². The first kappa shape index (κ1) is 18.7. The number of carbonyl (C=O) groups is 2. The van der Waals surface area contributed by atoms with E-state index in [1.54, 1.807) is 12.5 Å². The maximum Gasteiger partial charge on any atom is 0.303 e. The third-order valence-corrected chi connectivity index (χ3v) is 4.95. The van der Waals surface area contributed by atoms with E-state index in [2.05, 4.69) is 41.4 Å². The van der Waals surface area contributed by atoms with Crippen LogP contribution in [0.1, 0.15) is 18.4 Å². The predicted octanol–water partition coefficient (Wildman–Crippen LogP) is 3.99. The van der Waals surface area contributed by atoms with E-state index in [4.69, 9.17) is 5.11 Å². The molecule has 6 nitrogen and oxygen atoms in total. The van der Waals surface area contributed by atoms with Gasteiger partial charge in [-0.05, 0) is 34.2 Å². The molecule has 0 aliphatic rings. The summed E-state index contributed by atoms with van der Waals surface area (Å²) in [6, 6.07) is 16.6. The van der Waals surface area contributed by atoms with Crippen molar-refractivity contribution in [2.24, 2.45) is 0 Å². The number of imidazole rings is 1. The first-order valence-electron chi connectivity index (χ1n) is 9.46. The number of carboxylic acid groups (broad SMARTS) is 1. The Balaban J connectivity index is 1.53. The smallest absolute Gasteiger partial charge is 0.303 e. The minimum Gasteiger partial charge on any atom is -0.481 e. The number of fused-ring (bicyclic) bond motifs is 1. The molecule has 0 unspecified atom stereocenters. The van der Waals surface area contributed by atoms with Gasteiger partial charge in [0, 0.05) is 37.1 Å². The van der Waals surface area contributed by atoms with Crippen LogP contribution >= 0.6 is 0 Å². The van der Waals surface area contributed by atoms with Crippen molar-refractivity contribution >= 4 is 22.7 Å². The van der Waals surface area contributed by atoms with Crippen LogP contribution in [0.2, 0.25) is 0 Å². The van der Waals surface area contributed by atoms with Crippen LogP contribution in [0, 0.1) is 0 Å². The minimum atomic E-state index is -0.950. The van der Waals surface area contributed by atoms with Crippen LogP contribution in [0.4, 0.5) is 0 Å². The van der Waals surface area contributed by atoms with E-state index in [1.807, 2.05) is 33.7 Å². The maximum atomic E-state index is 12.1. The molecule has 0 amide bonds. The summed E-state index contributed by atoms with van der Waals surface area (Å²) in [5.41, 5.74) is 4.34. The van der Waals surface area contributed by atoms with Crippen molar-refractivity contribution in [1.82, 2.24) is 14.1 Å². The lowest BCUT2D eigenvalue weighted by Crippen LogP contribution is -2.10. The Hall–Kier alpha value is -3.67. The Morgan fingerprint density at radius 2 is 1.72 bits per heavy atom. The summed E-state index contributed by atoms with van der Waals surface area (Å²) < 4.78 is 3.91. The zero-order chi connectivity index (χ0) is 20.2. The van der Waals surface area contributed by atoms with Gasteiger partial charge >= 0.3 is 5.97 Å². The van der Waals surface area contributed by atoms with Crippen LogP contribution in [0.25, 0.3) is 22.0 Å². The molecule has 4 rings (SSSR count). The molecule has 1 N–H and O–H groups in total. The highest BCUT2D eigenvalue weighted by atomic mass is 16.4. The second kappa shape index (κ2) is 8.14. The SMILES string of the molecule is O=C(O)CCC(=O)Cn1ccc2ccc(-c3ccc(Cn4ccnc4)cc3)cc21. The van der Waals surface area contributed by atoms with Gasteiger partial charge in [0.2, 0.25) is 0 Å². The molecule has 0 atom stereocenters. The molecule has 2 aromatic heterocycles. The molecule has 2 aromatic carbocycles. The fourth-order valence-electron chi connectivity index (χ4n) is 3.41. The van der Waals surface area contributed by atoms with E-state index in [9.17, 15) is 9.59 Å². The Bertz CT molecular complexity index is 1140. The number of hydrogen-bond donors (Lipinski definition) is 1. The van der Waals surface area contributed by atoms with Crippen LogP contribution in [0.5, 0.6) is 0 Å². The quantitative estimate of drug-likeness (QED) is 0.496. The van der Waals surface area contributed by atoms with Crippen molar-refractivity contribution in [3.63, 3.8) is 0 Å². The van der Waals surface area contributed by atoms with Gasteiger partial charge in [0.05, 0.1) is 19.3 Å². The average Bonchev–Trinajstić information content (AvgIpc) is 3.37. The molecule has 29 heavy (non-hydrogen) atoms. The summed E-state index contributed by atoms with van der Waals surface area (Å²) >= 11 is 0. The molecule has 2 heterocycles. The number of nitrogens with zero attached hydrogens (tertiary/aromatic N) is 3. The van der Waals surface area contributed by atoms with Crippen LogP contribution in [-0.2, 0) is 22.7 Å². The number of aromatic nitrogens is 3. The molecule has 0 spiro atoms. The largest absolute Gasteiger partial charge is 0.481 e. The Morgan fingerprint density at radius 1 is 0.931 bits per heavy atom. The molecule has 0 saturated carbocycles. The van der Waals surface area contributed by atoms with Gasteiger partial charge in [-0.15, -0.1) is 0 Å². The summed E-state index contributed by atoms with van der Waals surface area (Å²) in [7, 11) is 0. The van der Waals surface area contributed by atoms with Crippen LogP contribution in [0.15, 0.2) is 73.4 Å². The number of Topliss-reactive ketones (excluding diaryl/α,β-unsaturated/α-hetero) is 1. The lowest BCUT2D eigenvalue weighted by Gasteiger charge is -2.08. The van der Waals surface area contributed by atoms with Crippen molar-refractivity contribution < 1.29 is 14.7 Å². The van der Waals surface area contributed by atoms with Gasteiger partial charge in [-0.3, -0.25) is 9.59 Å². The van der Waals surface area contributed by atoms with Crippen molar-refractivity contribution in [2.45, 2.75) is 25.9 Å². The van der Waals surface area contributed by atoms with E-state index in [1.165, 1.54) is 5.56 Å². The maximum absolute atomic E-state index is 12.1. The molecule has 146 valence electrons. The van der Waals surface area contributed by atoms with E-state index < -0.39 is 5.97 Å². The van der Waals surface area contributed by atoms with Crippen LogP contribution in [-0.4, -0.2) is 31.0 Å². The third-order valence-electron chi connectivity index (χ3n) is 4.95. The number of hydrogen-bond acceptors (Lipinski definition) is 3. The second-order valence-corrected chi connectivity index (χ2v) is 7.08. The van der Waals surface area contributed by atoms with Gasteiger partial charge in [-0.2, -0.15) is 0 Å². The average molecular weight is 387 g/mol. The highest BCUT2D eigenvalue weighted by molar-refractivity contribution is 5.88. The predicted molar refractivity (Wildman–Crippen MR) is 111 cm³/mol. The fraction of sp³-hybridized carbons (Fsp3) is 0.174. The highest BCUT2D eigenvalue weighted by Gasteiger charge is 2.10. The summed E-state index contributed by atoms with van der Waals surface area (Å²) in [4.78, 5) is 26.8. The normalized spacial score (nSPS) is 11.0.